The Balaban J connectivity index is 3.35. The molecule has 0 bridgehead atoms. The van der Waals surface area contributed by atoms with Gasteiger partial charge in [0.05, 0.1) is 19.1 Å². The first-order chi connectivity index (χ1) is 10.2. The topological polar surface area (TPSA) is 35.5 Å². The molecule has 126 valence electrons. The molecule has 0 saturated heterocycles. The third kappa shape index (κ3) is 14.6. The normalized spacial score (nSPS) is 12.3. The van der Waals surface area contributed by atoms with E-state index in [1.54, 1.807) is 0 Å². The summed E-state index contributed by atoms with van der Waals surface area (Å²) >= 11 is 3.39. The Hall–Kier alpha value is -0.0900. The van der Waals surface area contributed by atoms with E-state index in [0.29, 0.717) is 13.2 Å². The van der Waals surface area contributed by atoms with E-state index in [4.69, 9.17) is 9.47 Å². The molecule has 21 heavy (non-hydrogen) atoms. The van der Waals surface area contributed by atoms with E-state index in [9.17, 15) is 4.79 Å². The molecule has 0 heterocycles. The van der Waals surface area contributed by atoms with Crippen LogP contribution in [0.1, 0.15) is 71.6 Å². The summed E-state index contributed by atoms with van der Waals surface area (Å²) in [7, 11) is 0. The van der Waals surface area contributed by atoms with Crippen molar-refractivity contribution in [2.24, 2.45) is 5.92 Å². The first-order valence-corrected chi connectivity index (χ1v) is 9.64. The summed E-state index contributed by atoms with van der Waals surface area (Å²) in [6.07, 6.45) is 10.7. The Morgan fingerprint density at radius 1 is 0.952 bits per heavy atom. The van der Waals surface area contributed by atoms with Gasteiger partial charge in [0.15, 0.2) is 0 Å². The molecule has 0 aromatic rings. The van der Waals surface area contributed by atoms with Crippen molar-refractivity contribution in [3.63, 3.8) is 0 Å². The summed E-state index contributed by atoms with van der Waals surface area (Å²) < 4.78 is 10.8. The van der Waals surface area contributed by atoms with Crippen molar-refractivity contribution in [1.82, 2.24) is 0 Å². The van der Waals surface area contributed by atoms with Gasteiger partial charge < -0.3 is 9.47 Å². The Bertz CT molecular complexity index is 234. The second-order valence-corrected chi connectivity index (χ2v) is 6.45. The standard InChI is InChI=1S/C17H33BrO3/c1-3-4-5-6-7-10-13-20-15-16(2)17(19)21-14-11-8-9-12-18/h16H,3-15H2,1-2H3. The van der Waals surface area contributed by atoms with Crippen LogP contribution in [-0.2, 0) is 14.3 Å². The highest BCUT2D eigenvalue weighted by Gasteiger charge is 2.14. The fourth-order valence-corrected chi connectivity index (χ4v) is 2.40. The fourth-order valence-electron chi connectivity index (χ4n) is 2.00. The number of rotatable bonds is 15. The van der Waals surface area contributed by atoms with Gasteiger partial charge in [0.1, 0.15) is 0 Å². The molecule has 0 saturated carbocycles. The number of hydrogen-bond donors (Lipinski definition) is 0. The van der Waals surface area contributed by atoms with Crippen molar-refractivity contribution in [2.45, 2.75) is 71.6 Å². The summed E-state index contributed by atoms with van der Waals surface area (Å²) in [5.41, 5.74) is 0. The van der Waals surface area contributed by atoms with Crippen LogP contribution in [0.15, 0.2) is 0 Å². The molecule has 0 radical (unpaired) electrons. The van der Waals surface area contributed by atoms with Gasteiger partial charge in [0, 0.05) is 11.9 Å². The Morgan fingerprint density at radius 3 is 2.29 bits per heavy atom. The summed E-state index contributed by atoms with van der Waals surface area (Å²) in [5.74, 6) is -0.280. The molecular formula is C17H33BrO3. The number of ether oxygens (including phenoxy) is 2. The average Bonchev–Trinajstić information content (AvgIpc) is 2.49. The first kappa shape index (κ1) is 20.9. The van der Waals surface area contributed by atoms with Crippen LogP contribution >= 0.6 is 15.9 Å². The van der Waals surface area contributed by atoms with E-state index in [2.05, 4.69) is 22.9 Å². The zero-order valence-electron chi connectivity index (χ0n) is 13.9. The molecule has 0 fully saturated rings. The molecule has 3 nitrogen and oxygen atoms in total. The molecule has 0 aliphatic heterocycles. The quantitative estimate of drug-likeness (QED) is 0.230. The second-order valence-electron chi connectivity index (χ2n) is 5.66. The number of unbranched alkanes of at least 4 members (excludes halogenated alkanes) is 7. The predicted octanol–water partition coefficient (Wildman–Crippen LogP) is 5.11. The molecule has 0 spiro atoms. The minimum atomic E-state index is -0.152. The zero-order valence-corrected chi connectivity index (χ0v) is 15.5. The molecule has 0 aromatic heterocycles. The number of carbonyl (C=O) groups is 1. The van der Waals surface area contributed by atoms with Gasteiger partial charge in [-0.3, -0.25) is 4.79 Å². The first-order valence-electron chi connectivity index (χ1n) is 8.52. The van der Waals surface area contributed by atoms with Crippen molar-refractivity contribution in [2.75, 3.05) is 25.2 Å². The van der Waals surface area contributed by atoms with E-state index in [1.165, 1.54) is 32.1 Å². The lowest BCUT2D eigenvalue weighted by Gasteiger charge is -2.12. The lowest BCUT2D eigenvalue weighted by atomic mass is 10.1. The molecule has 4 heteroatoms. The summed E-state index contributed by atoms with van der Waals surface area (Å²) in [6.45, 7) is 5.88. The minimum Gasteiger partial charge on any atom is -0.465 e. The highest BCUT2D eigenvalue weighted by atomic mass is 79.9. The van der Waals surface area contributed by atoms with Gasteiger partial charge in [0.2, 0.25) is 0 Å². The van der Waals surface area contributed by atoms with E-state index in [0.717, 1.165) is 37.6 Å². The van der Waals surface area contributed by atoms with Gasteiger partial charge in [-0.1, -0.05) is 55.0 Å². The zero-order chi connectivity index (χ0) is 15.8. The molecule has 0 N–H and O–H groups in total. The van der Waals surface area contributed by atoms with Gasteiger partial charge in [-0.25, -0.2) is 0 Å². The van der Waals surface area contributed by atoms with Gasteiger partial charge in [-0.15, -0.1) is 0 Å². The van der Waals surface area contributed by atoms with Crippen LogP contribution < -0.4 is 0 Å². The molecule has 0 aliphatic rings. The van der Waals surface area contributed by atoms with Crippen molar-refractivity contribution in [1.29, 1.82) is 0 Å². The van der Waals surface area contributed by atoms with Crippen molar-refractivity contribution < 1.29 is 14.3 Å². The Kier molecular flexibility index (Phi) is 16.2. The maximum atomic E-state index is 11.7. The number of halogens is 1. The number of hydrogen-bond acceptors (Lipinski definition) is 3. The monoisotopic (exact) mass is 364 g/mol. The molecule has 1 unspecified atom stereocenters. The lowest BCUT2D eigenvalue weighted by molar-refractivity contribution is -0.150. The summed E-state index contributed by atoms with van der Waals surface area (Å²) in [4.78, 5) is 11.7. The lowest BCUT2D eigenvalue weighted by Crippen LogP contribution is -2.20. The molecular weight excluding hydrogens is 332 g/mol. The number of esters is 1. The molecule has 0 aromatic carbocycles. The molecule has 1 atom stereocenters. The van der Waals surface area contributed by atoms with E-state index in [-0.39, 0.29) is 11.9 Å². The van der Waals surface area contributed by atoms with Gasteiger partial charge in [-0.2, -0.15) is 0 Å². The minimum absolute atomic E-state index is 0.128. The Morgan fingerprint density at radius 2 is 1.57 bits per heavy atom. The highest BCUT2D eigenvalue weighted by molar-refractivity contribution is 9.09. The summed E-state index contributed by atoms with van der Waals surface area (Å²) in [5, 5.41) is 1.02. The summed E-state index contributed by atoms with van der Waals surface area (Å²) in [6, 6.07) is 0. The van der Waals surface area contributed by atoms with Gasteiger partial charge in [0.25, 0.3) is 0 Å². The van der Waals surface area contributed by atoms with Crippen molar-refractivity contribution >= 4 is 21.9 Å². The third-order valence-electron chi connectivity index (χ3n) is 3.43. The maximum Gasteiger partial charge on any atom is 0.310 e. The Labute approximate surface area is 139 Å². The van der Waals surface area contributed by atoms with Crippen LogP contribution in [0.25, 0.3) is 0 Å². The number of carbonyl (C=O) groups excluding carboxylic acids is 1. The molecule has 0 aliphatic carbocycles. The largest absolute Gasteiger partial charge is 0.465 e. The van der Waals surface area contributed by atoms with Crippen molar-refractivity contribution in [3.8, 4) is 0 Å². The smallest absolute Gasteiger partial charge is 0.310 e. The van der Waals surface area contributed by atoms with Crippen LogP contribution in [-0.4, -0.2) is 31.1 Å². The predicted molar refractivity (Wildman–Crippen MR) is 92.0 cm³/mol. The fraction of sp³-hybridized carbons (Fsp3) is 0.941. The van der Waals surface area contributed by atoms with E-state index >= 15 is 0 Å². The van der Waals surface area contributed by atoms with Crippen LogP contribution in [0.4, 0.5) is 0 Å². The van der Waals surface area contributed by atoms with Crippen LogP contribution in [0.3, 0.4) is 0 Å². The average molecular weight is 365 g/mol. The maximum absolute atomic E-state index is 11.7. The number of alkyl halides is 1. The van der Waals surface area contributed by atoms with Crippen LogP contribution in [0, 0.1) is 5.92 Å². The molecule has 0 rings (SSSR count). The van der Waals surface area contributed by atoms with Gasteiger partial charge in [-0.05, 0) is 32.6 Å². The second kappa shape index (κ2) is 16.3. The van der Waals surface area contributed by atoms with E-state index < -0.39 is 0 Å². The third-order valence-corrected chi connectivity index (χ3v) is 4.00. The van der Waals surface area contributed by atoms with Gasteiger partial charge >= 0.3 is 5.97 Å². The van der Waals surface area contributed by atoms with Crippen LogP contribution in [0.5, 0.6) is 0 Å². The van der Waals surface area contributed by atoms with Crippen molar-refractivity contribution in [3.05, 3.63) is 0 Å². The molecule has 0 amide bonds. The van der Waals surface area contributed by atoms with Crippen LogP contribution in [0.2, 0.25) is 0 Å². The SMILES string of the molecule is CCCCCCCCOCC(C)C(=O)OCCCCCBr. The van der Waals surface area contributed by atoms with E-state index in [1.807, 2.05) is 6.92 Å². The highest BCUT2D eigenvalue weighted by Crippen LogP contribution is 2.06.